The van der Waals surface area contributed by atoms with Crippen LogP contribution < -0.4 is 0 Å². The highest BCUT2D eigenvalue weighted by Crippen LogP contribution is 2.47. The van der Waals surface area contributed by atoms with Gasteiger partial charge in [0, 0.05) is 0 Å². The van der Waals surface area contributed by atoms with Gasteiger partial charge in [0.1, 0.15) is 0 Å². The van der Waals surface area contributed by atoms with Crippen molar-refractivity contribution in [3.63, 3.8) is 0 Å². The van der Waals surface area contributed by atoms with E-state index >= 15 is 0 Å². The lowest BCUT2D eigenvalue weighted by Crippen LogP contribution is -2.08. The Kier molecular flexibility index (Phi) is 6.87. The fourth-order valence-electron chi connectivity index (χ4n) is 1.15. The zero-order valence-electron chi connectivity index (χ0n) is 8.43. The Labute approximate surface area is 91.4 Å². The smallest absolute Gasteiger partial charge is 0.241 e. The van der Waals surface area contributed by atoms with Crippen molar-refractivity contribution < 1.29 is 9.42 Å². The molecule has 0 heterocycles. The molecule has 0 aliphatic heterocycles. The molecule has 0 aromatic carbocycles. The van der Waals surface area contributed by atoms with Crippen molar-refractivity contribution in [1.29, 1.82) is 0 Å². The molecule has 3 unspecified atom stereocenters. The summed E-state index contributed by atoms with van der Waals surface area (Å²) in [6, 6.07) is 0. The summed E-state index contributed by atoms with van der Waals surface area (Å²) >= 11 is 8.46. The maximum absolute atomic E-state index is 9.13. The lowest BCUT2D eigenvalue weighted by Gasteiger charge is -2.17. The molecule has 13 heavy (non-hydrogen) atoms. The molecule has 0 aromatic rings. The van der Waals surface area contributed by atoms with Crippen LogP contribution in [0.1, 0.15) is 33.6 Å². The van der Waals surface area contributed by atoms with Crippen LogP contribution in [0.5, 0.6) is 0 Å². The largest absolute Gasteiger partial charge is 0.338 e. The molecule has 0 aliphatic carbocycles. The lowest BCUT2D eigenvalue weighted by molar-refractivity contribution is 0.239. The Hall–Kier alpha value is 0.920. The third kappa shape index (κ3) is 9.23. The molecular formula is C8H19O2PS2. The van der Waals surface area contributed by atoms with Crippen LogP contribution in [0.25, 0.3) is 0 Å². The average molecular weight is 242 g/mol. The Bertz CT molecular complexity index is 181. The highest BCUT2D eigenvalue weighted by atomic mass is 32.9. The predicted octanol–water partition coefficient (Wildman–Crippen LogP) is 3.22. The van der Waals surface area contributed by atoms with E-state index in [2.05, 4.69) is 44.8 Å². The van der Waals surface area contributed by atoms with Crippen LogP contribution in [0.2, 0.25) is 0 Å². The van der Waals surface area contributed by atoms with Crippen LogP contribution in [0, 0.1) is 11.8 Å². The molecule has 0 aliphatic rings. The van der Waals surface area contributed by atoms with Crippen LogP contribution in [0.3, 0.4) is 0 Å². The number of hydrogen-bond donors (Lipinski definition) is 2. The van der Waals surface area contributed by atoms with Crippen molar-refractivity contribution >= 4 is 29.7 Å². The Balaban J connectivity index is 3.63. The molecule has 0 saturated carbocycles. The SMILES string of the molecule is CCC(C)CC(C)COP(O)(=S)S. The van der Waals surface area contributed by atoms with E-state index in [1.54, 1.807) is 0 Å². The first-order valence-electron chi connectivity index (χ1n) is 4.55. The fraction of sp³-hybridized carbons (Fsp3) is 1.00. The van der Waals surface area contributed by atoms with Gasteiger partial charge < -0.3 is 9.42 Å². The summed E-state index contributed by atoms with van der Waals surface area (Å²) < 4.78 is 5.08. The van der Waals surface area contributed by atoms with Gasteiger partial charge in [-0.25, -0.2) is 0 Å². The number of hydrogen-bond acceptors (Lipinski definition) is 2. The van der Waals surface area contributed by atoms with Crippen molar-refractivity contribution in [2.24, 2.45) is 11.8 Å². The average Bonchev–Trinajstić information content (AvgIpc) is 1.99. The minimum atomic E-state index is -2.74. The van der Waals surface area contributed by atoms with E-state index in [1.165, 1.54) is 6.42 Å². The Morgan fingerprint density at radius 1 is 1.46 bits per heavy atom. The molecule has 0 aromatic heterocycles. The van der Waals surface area contributed by atoms with E-state index in [0.29, 0.717) is 18.4 Å². The van der Waals surface area contributed by atoms with Gasteiger partial charge in [-0.2, -0.15) is 0 Å². The van der Waals surface area contributed by atoms with Gasteiger partial charge in [-0.1, -0.05) is 39.4 Å². The molecule has 0 rings (SSSR count). The van der Waals surface area contributed by atoms with E-state index in [0.717, 1.165) is 6.42 Å². The monoisotopic (exact) mass is 242 g/mol. The van der Waals surface area contributed by atoms with Crippen molar-refractivity contribution in [1.82, 2.24) is 0 Å². The minimum absolute atomic E-state index is 0.441. The van der Waals surface area contributed by atoms with Gasteiger partial charge in [0.25, 0.3) is 0 Å². The second-order valence-corrected chi connectivity index (χ2v) is 8.80. The fourth-order valence-corrected chi connectivity index (χ4v) is 1.98. The van der Waals surface area contributed by atoms with Gasteiger partial charge in [-0.3, -0.25) is 0 Å². The van der Waals surface area contributed by atoms with E-state index in [-0.39, 0.29) is 0 Å². The summed E-state index contributed by atoms with van der Waals surface area (Å²) in [6.45, 7) is 7.01. The normalized spacial score (nSPS) is 20.7. The molecule has 0 saturated heterocycles. The summed E-state index contributed by atoms with van der Waals surface area (Å²) in [5.74, 6) is 1.15. The van der Waals surface area contributed by atoms with Crippen LogP contribution in [0.4, 0.5) is 0 Å². The molecule has 3 atom stereocenters. The Morgan fingerprint density at radius 3 is 2.38 bits per heavy atom. The summed E-state index contributed by atoms with van der Waals surface area (Å²) in [6.07, 6.45) is 2.29. The Morgan fingerprint density at radius 2 is 2.00 bits per heavy atom. The third-order valence-electron chi connectivity index (χ3n) is 2.03. The quantitative estimate of drug-likeness (QED) is 0.553. The predicted molar refractivity (Wildman–Crippen MR) is 64.7 cm³/mol. The first-order valence-corrected chi connectivity index (χ1v) is 8.37. The van der Waals surface area contributed by atoms with Crippen molar-refractivity contribution in [2.45, 2.75) is 33.6 Å². The number of thiol groups is 1. The summed E-state index contributed by atoms with van der Waals surface area (Å²) in [5, 5.41) is 0. The maximum atomic E-state index is 9.13. The first-order chi connectivity index (χ1) is 5.85. The van der Waals surface area contributed by atoms with Gasteiger partial charge in [0.05, 0.1) is 6.61 Å². The molecule has 0 fully saturated rings. The van der Waals surface area contributed by atoms with Gasteiger partial charge in [0.15, 0.2) is 0 Å². The second-order valence-electron chi connectivity index (χ2n) is 3.64. The van der Waals surface area contributed by atoms with Crippen molar-refractivity contribution in [3.8, 4) is 0 Å². The van der Waals surface area contributed by atoms with Crippen LogP contribution in [-0.4, -0.2) is 11.5 Å². The highest BCUT2D eigenvalue weighted by molar-refractivity contribution is 8.59. The summed E-state index contributed by atoms with van der Waals surface area (Å²) in [4.78, 5) is 9.13. The molecule has 1 N–H and O–H groups in total. The third-order valence-corrected chi connectivity index (χ3v) is 3.18. The topological polar surface area (TPSA) is 29.5 Å². The van der Waals surface area contributed by atoms with Gasteiger partial charge in [0.2, 0.25) is 5.69 Å². The molecule has 0 spiro atoms. The summed E-state index contributed by atoms with van der Waals surface area (Å²) in [5.41, 5.74) is -2.74. The molecule has 0 bridgehead atoms. The molecule has 0 radical (unpaired) electrons. The van der Waals surface area contributed by atoms with Gasteiger partial charge in [-0.15, -0.1) is 0 Å². The van der Waals surface area contributed by atoms with E-state index < -0.39 is 5.69 Å². The molecule has 0 amide bonds. The molecule has 2 nitrogen and oxygen atoms in total. The van der Waals surface area contributed by atoms with E-state index in [9.17, 15) is 0 Å². The lowest BCUT2D eigenvalue weighted by atomic mass is 9.96. The van der Waals surface area contributed by atoms with Crippen molar-refractivity contribution in [2.75, 3.05) is 6.61 Å². The standard InChI is InChI=1S/C8H19O2PS2/c1-4-7(2)5-8(3)6-10-11(9,12)13/h7-8H,4-6H2,1-3H3,(H2,9,12,13). The molecule has 80 valence electrons. The highest BCUT2D eigenvalue weighted by Gasteiger charge is 2.11. The minimum Gasteiger partial charge on any atom is -0.338 e. The van der Waals surface area contributed by atoms with Crippen LogP contribution in [0.15, 0.2) is 0 Å². The van der Waals surface area contributed by atoms with Gasteiger partial charge >= 0.3 is 0 Å². The van der Waals surface area contributed by atoms with Crippen LogP contribution in [-0.2, 0) is 16.3 Å². The molecular weight excluding hydrogens is 223 g/mol. The number of rotatable bonds is 6. The van der Waals surface area contributed by atoms with Crippen molar-refractivity contribution in [3.05, 3.63) is 0 Å². The molecule has 5 heteroatoms. The van der Waals surface area contributed by atoms with Crippen LogP contribution >= 0.6 is 17.9 Å². The zero-order valence-corrected chi connectivity index (χ0v) is 11.0. The second kappa shape index (κ2) is 6.41. The van der Waals surface area contributed by atoms with Gasteiger partial charge in [-0.05, 0) is 30.1 Å². The maximum Gasteiger partial charge on any atom is 0.241 e. The zero-order chi connectivity index (χ0) is 10.5. The van der Waals surface area contributed by atoms with E-state index in [1.807, 2.05) is 0 Å². The first kappa shape index (κ1) is 13.9. The summed E-state index contributed by atoms with van der Waals surface area (Å²) in [7, 11) is 0. The van der Waals surface area contributed by atoms with E-state index in [4.69, 9.17) is 9.42 Å².